The lowest BCUT2D eigenvalue weighted by Gasteiger charge is -2.10. The Hall–Kier alpha value is -2.14. The van der Waals surface area contributed by atoms with Gasteiger partial charge in [0.1, 0.15) is 0 Å². The van der Waals surface area contributed by atoms with E-state index in [-0.39, 0.29) is 5.75 Å². The topological polar surface area (TPSA) is 45.1 Å². The third kappa shape index (κ3) is 2.83. The van der Waals surface area contributed by atoms with E-state index in [9.17, 15) is 9.50 Å². The predicted molar refractivity (Wildman–Crippen MR) is 84.8 cm³/mol. The van der Waals surface area contributed by atoms with Crippen molar-refractivity contribution < 1.29 is 9.50 Å². The van der Waals surface area contributed by atoms with Crippen LogP contribution in [0, 0.1) is 5.82 Å². The number of aromatic nitrogens is 1. The Morgan fingerprint density at radius 1 is 1.19 bits per heavy atom. The Morgan fingerprint density at radius 3 is 2.86 bits per heavy atom. The lowest BCUT2D eigenvalue weighted by molar-refractivity contribution is 0.432. The van der Waals surface area contributed by atoms with E-state index in [0.717, 1.165) is 20.9 Å². The van der Waals surface area contributed by atoms with Crippen molar-refractivity contribution in [2.45, 2.75) is 6.54 Å². The summed E-state index contributed by atoms with van der Waals surface area (Å²) in [5.41, 5.74) is 2.53. The van der Waals surface area contributed by atoms with Crippen molar-refractivity contribution in [3.8, 4) is 5.75 Å². The Morgan fingerprint density at radius 2 is 2.05 bits per heavy atom. The van der Waals surface area contributed by atoms with Crippen molar-refractivity contribution >= 4 is 32.5 Å². The molecule has 106 valence electrons. The van der Waals surface area contributed by atoms with E-state index in [1.165, 1.54) is 12.1 Å². The molecule has 0 aliphatic rings. The summed E-state index contributed by atoms with van der Waals surface area (Å²) in [4.78, 5) is 4.40. The summed E-state index contributed by atoms with van der Waals surface area (Å²) in [6, 6.07) is 12.1. The van der Waals surface area contributed by atoms with E-state index in [1.54, 1.807) is 12.3 Å². The molecule has 0 atom stereocenters. The van der Waals surface area contributed by atoms with Crippen LogP contribution < -0.4 is 5.32 Å². The summed E-state index contributed by atoms with van der Waals surface area (Å²) in [6.07, 6.45) is 1.75. The molecule has 3 rings (SSSR count). The van der Waals surface area contributed by atoms with Crippen molar-refractivity contribution in [3.05, 3.63) is 64.5 Å². The summed E-state index contributed by atoms with van der Waals surface area (Å²) in [5, 5.41) is 13.4. The highest BCUT2D eigenvalue weighted by atomic mass is 79.9. The molecule has 21 heavy (non-hydrogen) atoms. The van der Waals surface area contributed by atoms with Gasteiger partial charge >= 0.3 is 0 Å². The highest BCUT2D eigenvalue weighted by molar-refractivity contribution is 9.10. The quantitative estimate of drug-likeness (QED) is 0.688. The maximum absolute atomic E-state index is 13.3. The fourth-order valence-electron chi connectivity index (χ4n) is 2.15. The zero-order chi connectivity index (χ0) is 14.8. The van der Waals surface area contributed by atoms with Crippen LogP contribution in [-0.2, 0) is 6.54 Å². The number of hydrogen-bond acceptors (Lipinski definition) is 3. The highest BCUT2D eigenvalue weighted by Gasteiger charge is 2.06. The lowest BCUT2D eigenvalue weighted by Crippen LogP contribution is -2.01. The predicted octanol–water partition coefficient (Wildman–Crippen LogP) is 4.45. The first-order valence-electron chi connectivity index (χ1n) is 6.39. The van der Waals surface area contributed by atoms with Crippen molar-refractivity contribution in [1.29, 1.82) is 0 Å². The fourth-order valence-corrected chi connectivity index (χ4v) is 2.61. The first kappa shape index (κ1) is 13.8. The lowest BCUT2D eigenvalue weighted by atomic mass is 10.1. The number of benzene rings is 2. The van der Waals surface area contributed by atoms with Gasteiger partial charge in [0.2, 0.25) is 0 Å². The Kier molecular flexibility index (Phi) is 3.75. The van der Waals surface area contributed by atoms with Gasteiger partial charge < -0.3 is 10.4 Å². The van der Waals surface area contributed by atoms with Crippen molar-refractivity contribution in [2.75, 3.05) is 5.32 Å². The van der Waals surface area contributed by atoms with E-state index in [4.69, 9.17) is 0 Å². The maximum atomic E-state index is 13.3. The molecular weight excluding hydrogens is 335 g/mol. The average Bonchev–Trinajstić information content (AvgIpc) is 2.50. The van der Waals surface area contributed by atoms with E-state index in [1.807, 2.05) is 24.3 Å². The van der Waals surface area contributed by atoms with E-state index in [0.29, 0.717) is 12.2 Å². The van der Waals surface area contributed by atoms with Gasteiger partial charge in [0.15, 0.2) is 11.6 Å². The van der Waals surface area contributed by atoms with Gasteiger partial charge in [0.25, 0.3) is 0 Å². The van der Waals surface area contributed by atoms with Gasteiger partial charge in [-0.2, -0.15) is 0 Å². The molecule has 2 N–H and O–H groups in total. The minimum Gasteiger partial charge on any atom is -0.505 e. The molecule has 0 fully saturated rings. The fraction of sp³-hybridized carbons (Fsp3) is 0.0625. The Labute approximate surface area is 129 Å². The molecule has 0 bridgehead atoms. The summed E-state index contributed by atoms with van der Waals surface area (Å²) in [5.74, 6) is -0.991. The van der Waals surface area contributed by atoms with Gasteiger partial charge in [0.05, 0.1) is 5.52 Å². The van der Waals surface area contributed by atoms with Crippen LogP contribution >= 0.6 is 15.9 Å². The summed E-state index contributed by atoms with van der Waals surface area (Å²) < 4.78 is 14.3. The molecular formula is C16H12BrFN2O. The average molecular weight is 347 g/mol. The molecule has 3 aromatic rings. The molecule has 5 heteroatoms. The maximum Gasteiger partial charge on any atom is 0.166 e. The number of nitrogens with one attached hydrogen (secondary N) is 1. The Balaban J connectivity index is 1.88. The second kappa shape index (κ2) is 5.69. The molecule has 0 unspecified atom stereocenters. The van der Waals surface area contributed by atoms with Gasteiger partial charge in [-0.15, -0.1) is 0 Å². The molecule has 0 radical (unpaired) electrons. The second-order valence-corrected chi connectivity index (χ2v) is 5.48. The first-order chi connectivity index (χ1) is 10.1. The van der Waals surface area contributed by atoms with Gasteiger partial charge in [0, 0.05) is 34.4 Å². The normalized spacial score (nSPS) is 10.8. The molecule has 2 aromatic carbocycles. The third-order valence-corrected chi connectivity index (χ3v) is 3.92. The minimum atomic E-state index is -0.640. The number of rotatable bonds is 3. The smallest absolute Gasteiger partial charge is 0.166 e. The van der Waals surface area contributed by atoms with Gasteiger partial charge in [-0.3, -0.25) is 4.98 Å². The summed E-state index contributed by atoms with van der Waals surface area (Å²) in [6.45, 7) is 0.519. The van der Waals surface area contributed by atoms with Crippen LogP contribution in [0.15, 0.2) is 53.1 Å². The largest absolute Gasteiger partial charge is 0.505 e. The number of aromatic hydroxyl groups is 1. The van der Waals surface area contributed by atoms with Gasteiger partial charge in [-0.05, 0) is 29.8 Å². The van der Waals surface area contributed by atoms with E-state index >= 15 is 0 Å². The van der Waals surface area contributed by atoms with Crippen LogP contribution in [0.5, 0.6) is 5.75 Å². The number of halogens is 2. The second-order valence-electron chi connectivity index (χ2n) is 4.63. The Bertz CT molecular complexity index is 807. The van der Waals surface area contributed by atoms with Gasteiger partial charge in [-0.25, -0.2) is 4.39 Å². The summed E-state index contributed by atoms with van der Waals surface area (Å²) in [7, 11) is 0. The van der Waals surface area contributed by atoms with Crippen LogP contribution in [0.25, 0.3) is 10.9 Å². The van der Waals surface area contributed by atoms with Crippen LogP contribution in [0.2, 0.25) is 0 Å². The zero-order valence-corrected chi connectivity index (χ0v) is 12.6. The number of nitrogens with zero attached hydrogens (tertiary/aromatic N) is 1. The molecule has 0 aliphatic heterocycles. The van der Waals surface area contributed by atoms with Crippen molar-refractivity contribution in [1.82, 2.24) is 4.98 Å². The van der Waals surface area contributed by atoms with Gasteiger partial charge in [-0.1, -0.05) is 28.1 Å². The van der Waals surface area contributed by atoms with Crippen molar-refractivity contribution in [3.63, 3.8) is 0 Å². The highest BCUT2D eigenvalue weighted by Crippen LogP contribution is 2.26. The number of phenolic OH excluding ortho intramolecular Hbond substituents is 1. The molecule has 0 aliphatic carbocycles. The minimum absolute atomic E-state index is 0.351. The number of phenols is 1. The van der Waals surface area contributed by atoms with E-state index < -0.39 is 5.82 Å². The number of anilines is 1. The van der Waals surface area contributed by atoms with Crippen LogP contribution in [0.4, 0.5) is 10.1 Å². The summed E-state index contributed by atoms with van der Waals surface area (Å²) >= 11 is 3.51. The SMILES string of the molecule is Oc1ccc(NCc2ccc(Br)c3cccnc23)cc1F. The molecule has 0 spiro atoms. The zero-order valence-electron chi connectivity index (χ0n) is 11.0. The van der Waals surface area contributed by atoms with E-state index in [2.05, 4.69) is 26.2 Å². The molecule has 1 heterocycles. The third-order valence-electron chi connectivity index (χ3n) is 3.23. The number of fused-ring (bicyclic) bond motifs is 1. The molecule has 3 nitrogen and oxygen atoms in total. The molecule has 0 saturated carbocycles. The number of pyridine rings is 1. The monoisotopic (exact) mass is 346 g/mol. The van der Waals surface area contributed by atoms with Crippen molar-refractivity contribution in [2.24, 2.45) is 0 Å². The number of hydrogen-bond donors (Lipinski definition) is 2. The van der Waals surface area contributed by atoms with Crippen LogP contribution in [0.1, 0.15) is 5.56 Å². The first-order valence-corrected chi connectivity index (χ1v) is 7.19. The molecule has 0 amide bonds. The van der Waals surface area contributed by atoms with Crippen LogP contribution in [0.3, 0.4) is 0 Å². The standard InChI is InChI=1S/C16H12BrFN2O/c17-13-5-3-10(16-12(13)2-1-7-19-16)9-20-11-4-6-15(21)14(18)8-11/h1-8,20-21H,9H2. The molecule has 1 aromatic heterocycles. The molecule has 0 saturated heterocycles. The van der Waals surface area contributed by atoms with Crippen LogP contribution in [-0.4, -0.2) is 10.1 Å².